The van der Waals surface area contributed by atoms with Crippen molar-refractivity contribution in [2.45, 2.75) is 6.92 Å². The smallest absolute Gasteiger partial charge is 0.269 e. The van der Waals surface area contributed by atoms with Crippen LogP contribution in [-0.4, -0.2) is 20.9 Å². The number of anilines is 4. The lowest BCUT2D eigenvalue weighted by Crippen LogP contribution is -2.30. The number of nitrogens with zero attached hydrogens (tertiary/aromatic N) is 3. The summed E-state index contributed by atoms with van der Waals surface area (Å²) in [6, 6.07) is 16.3. The Morgan fingerprint density at radius 2 is 1.77 bits per heavy atom. The molecular weight excluding hydrogens is 402 g/mol. The van der Waals surface area contributed by atoms with Crippen LogP contribution in [-0.2, 0) is 0 Å². The van der Waals surface area contributed by atoms with Gasteiger partial charge >= 0.3 is 0 Å². The predicted octanol–water partition coefficient (Wildman–Crippen LogP) is 4.07. The van der Waals surface area contributed by atoms with Crippen LogP contribution in [0.15, 0.2) is 60.9 Å². The largest absolute Gasteiger partial charge is 0.393 e. The molecule has 0 aliphatic rings. The van der Waals surface area contributed by atoms with E-state index in [0.717, 1.165) is 22.3 Å². The molecule has 30 heavy (non-hydrogen) atoms. The Morgan fingerprint density at radius 3 is 2.57 bits per heavy atom. The summed E-state index contributed by atoms with van der Waals surface area (Å²) in [7, 11) is 0. The van der Waals surface area contributed by atoms with E-state index in [1.54, 1.807) is 24.3 Å². The fraction of sp³-hybridized carbons (Fsp3) is 0.0476. The minimum absolute atomic E-state index is 0.249. The summed E-state index contributed by atoms with van der Waals surface area (Å²) in [5.41, 5.74) is 14.7. The maximum atomic E-state index is 12.3. The summed E-state index contributed by atoms with van der Waals surface area (Å²) >= 11 is 5.85. The molecule has 150 valence electrons. The van der Waals surface area contributed by atoms with Crippen LogP contribution in [0.5, 0.6) is 0 Å². The highest BCUT2D eigenvalue weighted by molar-refractivity contribution is 6.30. The van der Waals surface area contributed by atoms with Crippen LogP contribution >= 0.6 is 11.6 Å². The molecule has 0 saturated heterocycles. The first kappa shape index (κ1) is 19.4. The van der Waals surface area contributed by atoms with E-state index < -0.39 is 0 Å². The number of benzene rings is 2. The highest BCUT2D eigenvalue weighted by Gasteiger charge is 2.12. The van der Waals surface area contributed by atoms with Gasteiger partial charge in [-0.15, -0.1) is 0 Å². The van der Waals surface area contributed by atoms with Gasteiger partial charge in [-0.2, -0.15) is 0 Å². The number of nitrogens with two attached hydrogens (primary N) is 1. The molecule has 1 amide bonds. The quantitative estimate of drug-likeness (QED) is 0.360. The van der Waals surface area contributed by atoms with Gasteiger partial charge in [-0.25, -0.2) is 9.97 Å². The van der Waals surface area contributed by atoms with Crippen LogP contribution in [0.25, 0.3) is 10.9 Å². The standard InChI is InChI=1S/C21H18ClN7O/c1-12-5-6-13-3-2-4-16(18(13)26-12)27-19-17(23)20(25-11-24-19)28-29-21(30)14-7-9-15(22)10-8-14/h2-11H,23H2,1H3,(H,29,30)(H2,24,25,27,28). The van der Waals surface area contributed by atoms with Crippen molar-refractivity contribution in [3.8, 4) is 0 Å². The second-order valence-corrected chi connectivity index (χ2v) is 6.96. The topological polar surface area (TPSA) is 118 Å². The van der Waals surface area contributed by atoms with Gasteiger partial charge in [0.05, 0.1) is 11.2 Å². The summed E-state index contributed by atoms with van der Waals surface area (Å²) in [4.78, 5) is 25.2. The first-order valence-electron chi connectivity index (χ1n) is 9.07. The summed E-state index contributed by atoms with van der Waals surface area (Å²) in [5.74, 6) is 0.302. The number of carbonyl (C=O) groups excluding carboxylic acids is 1. The number of carbonyl (C=O) groups is 1. The van der Waals surface area contributed by atoms with E-state index in [9.17, 15) is 4.79 Å². The Bertz CT molecular complexity index is 1230. The number of para-hydroxylation sites is 1. The molecule has 0 atom stereocenters. The fourth-order valence-electron chi connectivity index (χ4n) is 2.86. The molecule has 0 fully saturated rings. The lowest BCUT2D eigenvalue weighted by Gasteiger charge is -2.14. The van der Waals surface area contributed by atoms with Crippen LogP contribution < -0.4 is 21.9 Å². The van der Waals surface area contributed by atoms with Gasteiger partial charge in [0.2, 0.25) is 0 Å². The number of nitrogens with one attached hydrogen (secondary N) is 3. The number of amides is 1. The van der Waals surface area contributed by atoms with Crippen molar-refractivity contribution in [2.75, 3.05) is 16.5 Å². The first-order valence-corrected chi connectivity index (χ1v) is 9.45. The van der Waals surface area contributed by atoms with Gasteiger partial charge < -0.3 is 11.1 Å². The molecule has 0 unspecified atom stereocenters. The SMILES string of the molecule is Cc1ccc2cccc(Nc3ncnc(NNC(=O)c4ccc(Cl)cc4)c3N)c2n1. The molecule has 0 saturated carbocycles. The Kier molecular flexibility index (Phi) is 5.32. The third-order valence-corrected chi connectivity index (χ3v) is 4.65. The summed E-state index contributed by atoms with van der Waals surface area (Å²) in [6.45, 7) is 1.93. The van der Waals surface area contributed by atoms with Gasteiger partial charge in [-0.05, 0) is 43.3 Å². The van der Waals surface area contributed by atoms with Gasteiger partial charge in [-0.1, -0.05) is 29.8 Å². The molecule has 0 bridgehead atoms. The Labute approximate surface area is 177 Å². The number of hydrogen-bond acceptors (Lipinski definition) is 7. The molecule has 4 rings (SSSR count). The number of pyridine rings is 1. The lowest BCUT2D eigenvalue weighted by molar-refractivity contribution is 0.0962. The van der Waals surface area contributed by atoms with Crippen LogP contribution in [0.1, 0.15) is 16.1 Å². The lowest BCUT2D eigenvalue weighted by atomic mass is 10.1. The van der Waals surface area contributed by atoms with Gasteiger partial charge in [-0.3, -0.25) is 20.6 Å². The zero-order valence-electron chi connectivity index (χ0n) is 16.0. The molecule has 0 aliphatic heterocycles. The van der Waals surface area contributed by atoms with Crippen molar-refractivity contribution in [3.05, 3.63) is 77.2 Å². The molecule has 2 aromatic heterocycles. The summed E-state index contributed by atoms with van der Waals surface area (Å²) in [6.07, 6.45) is 1.35. The number of rotatable bonds is 5. The van der Waals surface area contributed by atoms with Crippen molar-refractivity contribution in [1.82, 2.24) is 20.4 Å². The molecular formula is C21H18ClN7O. The molecule has 4 aromatic rings. The number of aromatic nitrogens is 3. The monoisotopic (exact) mass is 419 g/mol. The average molecular weight is 420 g/mol. The van der Waals surface area contributed by atoms with Crippen molar-refractivity contribution >= 4 is 51.4 Å². The number of fused-ring (bicyclic) bond motifs is 1. The van der Waals surface area contributed by atoms with Crippen LogP contribution in [0.4, 0.5) is 23.0 Å². The normalized spacial score (nSPS) is 10.6. The van der Waals surface area contributed by atoms with Gasteiger partial charge in [0.15, 0.2) is 11.6 Å². The minimum Gasteiger partial charge on any atom is -0.393 e. The van der Waals surface area contributed by atoms with Crippen LogP contribution in [0.3, 0.4) is 0 Å². The van der Waals surface area contributed by atoms with E-state index in [-0.39, 0.29) is 17.4 Å². The second kappa shape index (κ2) is 8.22. The number of halogens is 1. The number of aryl methyl sites for hydroxylation is 1. The van der Waals surface area contributed by atoms with Crippen molar-refractivity contribution in [1.29, 1.82) is 0 Å². The fourth-order valence-corrected chi connectivity index (χ4v) is 2.98. The molecule has 8 nitrogen and oxygen atoms in total. The van der Waals surface area contributed by atoms with E-state index in [1.807, 2.05) is 37.3 Å². The van der Waals surface area contributed by atoms with Gasteiger partial charge in [0.25, 0.3) is 5.91 Å². The minimum atomic E-state index is -0.354. The van der Waals surface area contributed by atoms with E-state index in [2.05, 4.69) is 31.1 Å². The number of nitrogen functional groups attached to an aromatic ring is 1. The second-order valence-electron chi connectivity index (χ2n) is 6.53. The predicted molar refractivity (Wildman–Crippen MR) is 119 cm³/mol. The molecule has 9 heteroatoms. The Balaban J connectivity index is 1.54. The van der Waals surface area contributed by atoms with Crippen LogP contribution in [0.2, 0.25) is 5.02 Å². The number of hydrogen-bond donors (Lipinski definition) is 4. The van der Waals surface area contributed by atoms with E-state index in [1.165, 1.54) is 6.33 Å². The third-order valence-electron chi connectivity index (χ3n) is 4.40. The maximum absolute atomic E-state index is 12.3. The molecule has 0 spiro atoms. The molecule has 0 radical (unpaired) electrons. The zero-order chi connectivity index (χ0) is 21.1. The van der Waals surface area contributed by atoms with Gasteiger partial charge in [0, 0.05) is 21.7 Å². The summed E-state index contributed by atoms with van der Waals surface area (Å²) < 4.78 is 0. The Morgan fingerprint density at radius 1 is 1.00 bits per heavy atom. The van der Waals surface area contributed by atoms with E-state index in [0.29, 0.717) is 16.4 Å². The highest BCUT2D eigenvalue weighted by atomic mass is 35.5. The number of hydrazine groups is 1. The van der Waals surface area contributed by atoms with E-state index >= 15 is 0 Å². The van der Waals surface area contributed by atoms with Crippen molar-refractivity contribution < 1.29 is 4.79 Å². The maximum Gasteiger partial charge on any atom is 0.269 e. The first-order chi connectivity index (χ1) is 14.5. The van der Waals surface area contributed by atoms with Gasteiger partial charge in [0.1, 0.15) is 12.0 Å². The summed E-state index contributed by atoms with van der Waals surface area (Å²) in [5, 5.41) is 4.74. The van der Waals surface area contributed by atoms with E-state index in [4.69, 9.17) is 17.3 Å². The third kappa shape index (κ3) is 4.08. The molecule has 0 aliphatic carbocycles. The molecule has 2 aromatic carbocycles. The van der Waals surface area contributed by atoms with Crippen molar-refractivity contribution in [2.24, 2.45) is 0 Å². The Hall–Kier alpha value is -3.91. The van der Waals surface area contributed by atoms with Crippen molar-refractivity contribution in [3.63, 3.8) is 0 Å². The average Bonchev–Trinajstić information content (AvgIpc) is 2.75. The van der Waals surface area contributed by atoms with Crippen LogP contribution in [0, 0.1) is 6.92 Å². The highest BCUT2D eigenvalue weighted by Crippen LogP contribution is 2.29. The molecule has 2 heterocycles. The zero-order valence-corrected chi connectivity index (χ0v) is 16.7. The molecule has 5 N–H and O–H groups in total.